The molecule has 84 valence electrons. The Balaban J connectivity index is 2.30. The van der Waals surface area contributed by atoms with E-state index < -0.39 is 18.0 Å². The van der Waals surface area contributed by atoms with Crippen LogP contribution in [0.1, 0.15) is 28.4 Å². The maximum Gasteiger partial charge on any atom is 0.339 e. The van der Waals surface area contributed by atoms with E-state index in [0.717, 1.165) is 0 Å². The summed E-state index contributed by atoms with van der Waals surface area (Å²) < 4.78 is 9.59. The molecular formula is C11H9ClO4. The Labute approximate surface area is 97.1 Å². The predicted octanol–water partition coefficient (Wildman–Crippen LogP) is 2.11. The minimum atomic E-state index is -0.589. The normalized spacial score (nSPS) is 17.9. The van der Waals surface area contributed by atoms with E-state index in [1.807, 2.05) is 0 Å². The number of ether oxygens (including phenoxy) is 2. The number of methoxy groups -OCH3 is 1. The minimum Gasteiger partial charge on any atom is -0.469 e. The van der Waals surface area contributed by atoms with Crippen molar-refractivity contribution in [2.75, 3.05) is 7.11 Å². The molecule has 1 aliphatic rings. The van der Waals surface area contributed by atoms with Crippen LogP contribution in [0.25, 0.3) is 0 Å². The Morgan fingerprint density at radius 3 is 3.00 bits per heavy atom. The second-order valence-corrected chi connectivity index (χ2v) is 3.84. The van der Waals surface area contributed by atoms with Crippen LogP contribution in [0.3, 0.4) is 0 Å². The zero-order valence-corrected chi connectivity index (χ0v) is 9.28. The summed E-state index contributed by atoms with van der Waals surface area (Å²) in [5.41, 5.74) is 1.10. The van der Waals surface area contributed by atoms with Crippen molar-refractivity contribution in [1.29, 1.82) is 0 Å². The van der Waals surface area contributed by atoms with Crippen molar-refractivity contribution in [3.8, 4) is 0 Å². The monoisotopic (exact) mass is 240 g/mol. The van der Waals surface area contributed by atoms with Crippen LogP contribution in [-0.4, -0.2) is 19.0 Å². The number of benzene rings is 1. The van der Waals surface area contributed by atoms with Crippen molar-refractivity contribution in [1.82, 2.24) is 0 Å². The number of hydrogen-bond donors (Lipinski definition) is 0. The molecular weight excluding hydrogens is 232 g/mol. The number of esters is 2. The number of carbonyl (C=O) groups is 2. The summed E-state index contributed by atoms with van der Waals surface area (Å²) in [5, 5.41) is 0.506. The molecule has 16 heavy (non-hydrogen) atoms. The molecule has 1 atom stereocenters. The first-order valence-corrected chi connectivity index (χ1v) is 5.07. The standard InChI is InChI=1S/C11H9ClO4/c1-15-10(13)5-9-8-4-6(12)2-3-7(8)11(14)16-9/h2-4,9H,5H2,1H3. The van der Waals surface area contributed by atoms with Gasteiger partial charge in [0.2, 0.25) is 0 Å². The lowest BCUT2D eigenvalue weighted by Crippen LogP contribution is -2.08. The molecule has 0 spiro atoms. The number of halogens is 1. The fraction of sp³-hybridized carbons (Fsp3) is 0.273. The zero-order chi connectivity index (χ0) is 11.7. The predicted molar refractivity (Wildman–Crippen MR) is 56.2 cm³/mol. The maximum atomic E-state index is 11.4. The van der Waals surface area contributed by atoms with E-state index >= 15 is 0 Å². The molecule has 0 N–H and O–H groups in total. The first kappa shape index (κ1) is 11.0. The molecule has 5 heteroatoms. The van der Waals surface area contributed by atoms with Crippen molar-refractivity contribution in [2.24, 2.45) is 0 Å². The van der Waals surface area contributed by atoms with Crippen molar-refractivity contribution in [3.05, 3.63) is 34.3 Å². The second-order valence-electron chi connectivity index (χ2n) is 3.41. The first-order chi connectivity index (χ1) is 7.61. The van der Waals surface area contributed by atoms with Crippen LogP contribution in [0.15, 0.2) is 18.2 Å². The summed E-state index contributed by atoms with van der Waals surface area (Å²) >= 11 is 5.82. The van der Waals surface area contributed by atoms with E-state index in [0.29, 0.717) is 16.1 Å². The average Bonchev–Trinajstić information content (AvgIpc) is 2.55. The van der Waals surface area contributed by atoms with Crippen LogP contribution >= 0.6 is 11.6 Å². The highest BCUT2D eigenvalue weighted by atomic mass is 35.5. The molecule has 2 rings (SSSR count). The smallest absolute Gasteiger partial charge is 0.339 e. The Kier molecular flexibility index (Phi) is 2.83. The third-order valence-electron chi connectivity index (χ3n) is 2.41. The van der Waals surface area contributed by atoms with Crippen LogP contribution in [0, 0.1) is 0 Å². The van der Waals surface area contributed by atoms with E-state index in [4.69, 9.17) is 16.3 Å². The number of cyclic esters (lactones) is 1. The van der Waals surface area contributed by atoms with E-state index in [9.17, 15) is 9.59 Å². The maximum absolute atomic E-state index is 11.4. The SMILES string of the molecule is COC(=O)CC1OC(=O)c2ccc(Cl)cc21. The summed E-state index contributed by atoms with van der Waals surface area (Å²) in [6, 6.07) is 4.84. The number of fused-ring (bicyclic) bond motifs is 1. The molecule has 4 nitrogen and oxygen atoms in total. The van der Waals surface area contributed by atoms with Gasteiger partial charge in [-0.2, -0.15) is 0 Å². The summed E-state index contributed by atoms with van der Waals surface area (Å²) in [4.78, 5) is 22.6. The molecule has 0 aromatic heterocycles. The molecule has 1 aromatic carbocycles. The Morgan fingerprint density at radius 2 is 2.31 bits per heavy atom. The number of hydrogen-bond acceptors (Lipinski definition) is 4. The fourth-order valence-electron chi connectivity index (χ4n) is 1.63. The molecule has 1 heterocycles. The highest BCUT2D eigenvalue weighted by Crippen LogP contribution is 2.34. The van der Waals surface area contributed by atoms with Crippen molar-refractivity contribution >= 4 is 23.5 Å². The Morgan fingerprint density at radius 1 is 1.56 bits per heavy atom. The summed E-state index contributed by atoms with van der Waals surface area (Å²) in [6.45, 7) is 0. The third kappa shape index (κ3) is 1.88. The second kappa shape index (κ2) is 4.14. The van der Waals surface area contributed by atoms with Gasteiger partial charge >= 0.3 is 11.9 Å². The Hall–Kier alpha value is -1.55. The zero-order valence-electron chi connectivity index (χ0n) is 8.53. The number of rotatable bonds is 2. The molecule has 0 saturated heterocycles. The molecule has 0 bridgehead atoms. The van der Waals surface area contributed by atoms with E-state index in [1.165, 1.54) is 7.11 Å². The van der Waals surface area contributed by atoms with Gasteiger partial charge in [-0.3, -0.25) is 4.79 Å². The molecule has 0 fully saturated rings. The lowest BCUT2D eigenvalue weighted by molar-refractivity contribution is -0.142. The van der Waals surface area contributed by atoms with Gasteiger partial charge in [0.15, 0.2) is 0 Å². The third-order valence-corrected chi connectivity index (χ3v) is 2.64. The Bertz CT molecular complexity index is 455. The topological polar surface area (TPSA) is 52.6 Å². The van der Waals surface area contributed by atoms with Gasteiger partial charge in [-0.1, -0.05) is 11.6 Å². The molecule has 1 unspecified atom stereocenters. The lowest BCUT2D eigenvalue weighted by Gasteiger charge is -2.08. The quantitative estimate of drug-likeness (QED) is 0.743. The van der Waals surface area contributed by atoms with Gasteiger partial charge in [-0.25, -0.2) is 4.79 Å². The van der Waals surface area contributed by atoms with Gasteiger partial charge in [0.05, 0.1) is 19.1 Å². The van der Waals surface area contributed by atoms with Gasteiger partial charge < -0.3 is 9.47 Å². The van der Waals surface area contributed by atoms with Crippen molar-refractivity contribution in [2.45, 2.75) is 12.5 Å². The van der Waals surface area contributed by atoms with E-state index in [1.54, 1.807) is 18.2 Å². The minimum absolute atomic E-state index is 0.00951. The first-order valence-electron chi connectivity index (χ1n) is 4.69. The summed E-state index contributed by atoms with van der Waals surface area (Å²) in [7, 11) is 1.29. The highest BCUT2D eigenvalue weighted by molar-refractivity contribution is 6.30. The summed E-state index contributed by atoms with van der Waals surface area (Å²) in [5.74, 6) is -0.855. The van der Waals surface area contributed by atoms with Crippen LogP contribution in [-0.2, 0) is 14.3 Å². The van der Waals surface area contributed by atoms with Crippen molar-refractivity contribution in [3.63, 3.8) is 0 Å². The molecule has 0 radical (unpaired) electrons. The van der Waals surface area contributed by atoms with Gasteiger partial charge in [0.25, 0.3) is 0 Å². The van der Waals surface area contributed by atoms with Crippen molar-refractivity contribution < 1.29 is 19.1 Å². The van der Waals surface area contributed by atoms with Gasteiger partial charge in [-0.15, -0.1) is 0 Å². The molecule has 1 aliphatic heterocycles. The number of carbonyl (C=O) groups excluding carboxylic acids is 2. The van der Waals surface area contributed by atoms with Crippen LogP contribution in [0.4, 0.5) is 0 Å². The largest absolute Gasteiger partial charge is 0.469 e. The average molecular weight is 241 g/mol. The molecule has 0 saturated carbocycles. The van der Waals surface area contributed by atoms with E-state index in [2.05, 4.69) is 4.74 Å². The van der Waals surface area contributed by atoms with Gasteiger partial charge in [-0.05, 0) is 18.2 Å². The summed E-state index contributed by atoms with van der Waals surface area (Å²) in [6.07, 6.45) is -0.580. The van der Waals surface area contributed by atoms with Gasteiger partial charge in [0, 0.05) is 10.6 Å². The lowest BCUT2D eigenvalue weighted by atomic mass is 10.0. The molecule has 0 aliphatic carbocycles. The van der Waals surface area contributed by atoms with Crippen LogP contribution in [0.5, 0.6) is 0 Å². The van der Waals surface area contributed by atoms with Crippen LogP contribution in [0.2, 0.25) is 5.02 Å². The highest BCUT2D eigenvalue weighted by Gasteiger charge is 2.32. The van der Waals surface area contributed by atoms with Crippen LogP contribution < -0.4 is 0 Å². The molecule has 0 amide bonds. The fourth-order valence-corrected chi connectivity index (χ4v) is 1.81. The molecule has 1 aromatic rings. The van der Waals surface area contributed by atoms with Gasteiger partial charge in [0.1, 0.15) is 6.10 Å². The van der Waals surface area contributed by atoms with E-state index in [-0.39, 0.29) is 6.42 Å².